The molecule has 144 valence electrons. The number of nitrogens with zero attached hydrogens (tertiary/aromatic N) is 2. The third kappa shape index (κ3) is 5.50. The van der Waals surface area contributed by atoms with E-state index in [9.17, 15) is 9.00 Å². The lowest BCUT2D eigenvalue weighted by Crippen LogP contribution is -2.35. The predicted molar refractivity (Wildman–Crippen MR) is 111 cm³/mol. The van der Waals surface area contributed by atoms with E-state index in [4.69, 9.17) is 0 Å². The van der Waals surface area contributed by atoms with E-state index in [2.05, 4.69) is 36.1 Å². The van der Waals surface area contributed by atoms with Crippen LogP contribution in [0.25, 0.3) is 0 Å². The van der Waals surface area contributed by atoms with E-state index in [1.165, 1.54) is 11.1 Å². The molecule has 0 unspecified atom stereocenters. The first-order chi connectivity index (χ1) is 13.0. The van der Waals surface area contributed by atoms with Crippen LogP contribution in [0.3, 0.4) is 0 Å². The van der Waals surface area contributed by atoms with E-state index < -0.39 is 10.8 Å². The maximum atomic E-state index is 12.9. The van der Waals surface area contributed by atoms with Crippen molar-refractivity contribution in [3.05, 3.63) is 70.8 Å². The van der Waals surface area contributed by atoms with Crippen molar-refractivity contribution in [3.8, 4) is 0 Å². The number of carbonyl (C=O) groups excluding carboxylic acids is 1. The van der Waals surface area contributed by atoms with Gasteiger partial charge in [-0.15, -0.1) is 0 Å². The minimum absolute atomic E-state index is 0.0801. The Hall–Kier alpha value is -1.98. The highest BCUT2D eigenvalue weighted by molar-refractivity contribution is 7.83. The first-order valence-corrected chi connectivity index (χ1v) is 11.2. The van der Waals surface area contributed by atoms with Gasteiger partial charge in [0.1, 0.15) is 0 Å². The lowest BCUT2D eigenvalue weighted by Gasteiger charge is -2.23. The lowest BCUT2D eigenvalue weighted by atomic mass is 10.1. The zero-order chi connectivity index (χ0) is 19.2. The molecule has 2 aromatic rings. The molecule has 1 amide bonds. The van der Waals surface area contributed by atoms with Gasteiger partial charge >= 0.3 is 0 Å². The van der Waals surface area contributed by atoms with Crippen LogP contribution < -0.4 is 0 Å². The molecule has 0 aromatic heterocycles. The van der Waals surface area contributed by atoms with Crippen LogP contribution in [0.4, 0.5) is 0 Å². The SMILES string of the molecule is Cc1ccccc1CN1CCCN(C(=O)c2cccc(C[S@@](C)=O)c2)CC1. The molecule has 0 spiro atoms. The summed E-state index contributed by atoms with van der Waals surface area (Å²) in [5.41, 5.74) is 4.33. The second-order valence-corrected chi connectivity index (χ2v) is 8.70. The molecule has 5 heteroatoms. The summed E-state index contributed by atoms with van der Waals surface area (Å²) < 4.78 is 11.5. The van der Waals surface area contributed by atoms with Crippen LogP contribution in [0.2, 0.25) is 0 Å². The van der Waals surface area contributed by atoms with Crippen molar-refractivity contribution in [2.45, 2.75) is 25.6 Å². The normalized spacial score (nSPS) is 16.7. The first-order valence-electron chi connectivity index (χ1n) is 9.48. The van der Waals surface area contributed by atoms with Crippen LogP contribution in [0, 0.1) is 6.92 Å². The highest BCUT2D eigenvalue weighted by Gasteiger charge is 2.21. The molecule has 0 aliphatic carbocycles. The molecule has 1 aliphatic rings. The molecule has 2 aromatic carbocycles. The quantitative estimate of drug-likeness (QED) is 0.795. The minimum atomic E-state index is -0.903. The van der Waals surface area contributed by atoms with Crippen LogP contribution in [0.15, 0.2) is 48.5 Å². The van der Waals surface area contributed by atoms with Gasteiger partial charge in [0, 0.05) is 61.1 Å². The highest BCUT2D eigenvalue weighted by Crippen LogP contribution is 2.15. The Labute approximate surface area is 164 Å². The molecule has 4 nitrogen and oxygen atoms in total. The van der Waals surface area contributed by atoms with Gasteiger partial charge in [0.2, 0.25) is 0 Å². The summed E-state index contributed by atoms with van der Waals surface area (Å²) in [5.74, 6) is 0.571. The zero-order valence-electron chi connectivity index (χ0n) is 16.2. The molecular formula is C22H28N2O2S. The van der Waals surface area contributed by atoms with Gasteiger partial charge in [-0.2, -0.15) is 0 Å². The molecular weight excluding hydrogens is 356 g/mol. The largest absolute Gasteiger partial charge is 0.337 e. The van der Waals surface area contributed by atoms with Crippen molar-refractivity contribution in [1.29, 1.82) is 0 Å². The molecule has 27 heavy (non-hydrogen) atoms. The second kappa shape index (κ2) is 9.29. The van der Waals surface area contributed by atoms with Crippen LogP contribution in [0.5, 0.6) is 0 Å². The number of rotatable bonds is 5. The summed E-state index contributed by atoms with van der Waals surface area (Å²) in [5, 5.41) is 0. The molecule has 1 fully saturated rings. The van der Waals surface area contributed by atoms with Gasteiger partial charge in [0.15, 0.2) is 0 Å². The van der Waals surface area contributed by atoms with E-state index in [1.807, 2.05) is 29.2 Å². The molecule has 1 atom stereocenters. The van der Waals surface area contributed by atoms with Gasteiger partial charge in [-0.1, -0.05) is 36.4 Å². The summed E-state index contributed by atoms with van der Waals surface area (Å²) in [6.45, 7) is 6.51. The van der Waals surface area contributed by atoms with Crippen LogP contribution in [-0.2, 0) is 23.1 Å². The number of benzene rings is 2. The summed E-state index contributed by atoms with van der Waals surface area (Å²) in [6, 6.07) is 16.1. The molecule has 0 bridgehead atoms. The Bertz CT molecular complexity index is 821. The summed E-state index contributed by atoms with van der Waals surface area (Å²) in [7, 11) is -0.903. The number of hydrogen-bond donors (Lipinski definition) is 0. The average molecular weight is 385 g/mol. The third-order valence-electron chi connectivity index (χ3n) is 5.07. The van der Waals surface area contributed by atoms with Crippen LogP contribution in [0.1, 0.15) is 33.5 Å². The van der Waals surface area contributed by atoms with Crippen molar-refractivity contribution in [2.75, 3.05) is 32.4 Å². The minimum Gasteiger partial charge on any atom is -0.337 e. The molecule has 0 saturated carbocycles. The molecule has 1 heterocycles. The maximum absolute atomic E-state index is 12.9. The van der Waals surface area contributed by atoms with Gasteiger partial charge in [-0.05, 0) is 42.2 Å². The molecule has 3 rings (SSSR count). The molecule has 0 N–H and O–H groups in total. The van der Waals surface area contributed by atoms with E-state index in [0.717, 1.165) is 44.7 Å². The monoisotopic (exact) mass is 384 g/mol. The topological polar surface area (TPSA) is 40.6 Å². The van der Waals surface area contributed by atoms with Gasteiger partial charge in [-0.3, -0.25) is 13.9 Å². The Morgan fingerprint density at radius 1 is 1.04 bits per heavy atom. The van der Waals surface area contributed by atoms with E-state index >= 15 is 0 Å². The first kappa shape index (κ1) is 19.8. The summed E-state index contributed by atoms with van der Waals surface area (Å²) >= 11 is 0. The van der Waals surface area contributed by atoms with Gasteiger partial charge < -0.3 is 4.90 Å². The molecule has 1 saturated heterocycles. The van der Waals surface area contributed by atoms with E-state index in [1.54, 1.807) is 6.26 Å². The fourth-order valence-corrected chi connectivity index (χ4v) is 4.22. The standard InChI is InChI=1S/C22H28N2O2S/c1-18-7-3-4-9-21(18)16-23-11-6-12-24(14-13-23)22(25)20-10-5-8-19(15-20)17-27(2)26/h3-5,7-10,15H,6,11-14,16-17H2,1-2H3/t27-/m1/s1. The van der Waals surface area contributed by atoms with Crippen molar-refractivity contribution in [3.63, 3.8) is 0 Å². The Morgan fingerprint density at radius 2 is 1.85 bits per heavy atom. The van der Waals surface area contributed by atoms with Crippen molar-refractivity contribution >= 4 is 16.7 Å². The molecule has 0 radical (unpaired) electrons. The fourth-order valence-electron chi connectivity index (χ4n) is 3.57. The number of hydrogen-bond acceptors (Lipinski definition) is 3. The molecule has 1 aliphatic heterocycles. The summed E-state index contributed by atoms with van der Waals surface area (Å²) in [6.07, 6.45) is 2.67. The lowest BCUT2D eigenvalue weighted by molar-refractivity contribution is 0.0761. The van der Waals surface area contributed by atoms with Crippen LogP contribution >= 0.6 is 0 Å². The number of carbonyl (C=O) groups is 1. The van der Waals surface area contributed by atoms with Gasteiger partial charge in [0.05, 0.1) is 0 Å². The van der Waals surface area contributed by atoms with E-state index in [0.29, 0.717) is 11.3 Å². The summed E-state index contributed by atoms with van der Waals surface area (Å²) in [4.78, 5) is 17.3. The van der Waals surface area contributed by atoms with Crippen molar-refractivity contribution < 1.29 is 9.00 Å². The van der Waals surface area contributed by atoms with Crippen LogP contribution in [-0.4, -0.2) is 52.4 Å². The number of aryl methyl sites for hydroxylation is 1. The van der Waals surface area contributed by atoms with Gasteiger partial charge in [-0.25, -0.2) is 0 Å². The predicted octanol–water partition coefficient (Wildman–Crippen LogP) is 3.22. The Balaban J connectivity index is 1.63. The van der Waals surface area contributed by atoms with E-state index in [-0.39, 0.29) is 5.91 Å². The fraction of sp³-hybridized carbons (Fsp3) is 0.409. The highest BCUT2D eigenvalue weighted by atomic mass is 32.2. The average Bonchev–Trinajstić information content (AvgIpc) is 2.88. The van der Waals surface area contributed by atoms with Gasteiger partial charge in [0.25, 0.3) is 5.91 Å². The second-order valence-electron chi connectivity index (χ2n) is 7.27. The number of amides is 1. The smallest absolute Gasteiger partial charge is 0.253 e. The third-order valence-corrected chi connectivity index (χ3v) is 5.81. The van der Waals surface area contributed by atoms with Crippen molar-refractivity contribution in [1.82, 2.24) is 9.80 Å². The van der Waals surface area contributed by atoms with Crippen molar-refractivity contribution in [2.24, 2.45) is 0 Å². The zero-order valence-corrected chi connectivity index (χ0v) is 17.0. The maximum Gasteiger partial charge on any atom is 0.253 e. The Morgan fingerprint density at radius 3 is 2.63 bits per heavy atom. The Kier molecular flexibility index (Phi) is 6.80.